The molecular weight excluding hydrogens is 300 g/mol. The van der Waals surface area contributed by atoms with Crippen molar-refractivity contribution in [1.29, 1.82) is 5.26 Å². The summed E-state index contributed by atoms with van der Waals surface area (Å²) >= 11 is 0. The molecule has 3 heterocycles. The zero-order valence-electron chi connectivity index (χ0n) is 13.3. The lowest BCUT2D eigenvalue weighted by molar-refractivity contribution is 0.480. The average molecular weight is 316 g/mol. The maximum absolute atomic E-state index is 10.6. The van der Waals surface area contributed by atoms with Crippen molar-refractivity contribution >= 4 is 17.1 Å². The lowest BCUT2D eigenvalue weighted by Gasteiger charge is -2.12. The second-order valence-electron chi connectivity index (χ2n) is 5.94. The highest BCUT2D eigenvalue weighted by atomic mass is 16.3. The monoisotopic (exact) mass is 316 g/mol. The Morgan fingerprint density at radius 1 is 1.29 bits per heavy atom. The molecule has 5 heteroatoms. The van der Waals surface area contributed by atoms with Gasteiger partial charge in [0.1, 0.15) is 11.8 Å². The summed E-state index contributed by atoms with van der Waals surface area (Å²) in [6.07, 6.45) is 6.30. The predicted octanol–water partition coefficient (Wildman–Crippen LogP) is 3.41. The Hall–Kier alpha value is -3.13. The van der Waals surface area contributed by atoms with Crippen LogP contribution in [0.3, 0.4) is 0 Å². The molecule has 0 saturated carbocycles. The number of nitriles is 1. The summed E-state index contributed by atoms with van der Waals surface area (Å²) in [4.78, 5) is 8.52. The maximum atomic E-state index is 10.6. The number of fused-ring (bicyclic) bond motifs is 3. The number of benzene rings is 1. The van der Waals surface area contributed by atoms with Crippen LogP contribution in [0.4, 0.5) is 0 Å². The van der Waals surface area contributed by atoms with Gasteiger partial charge in [-0.2, -0.15) is 5.26 Å². The first kappa shape index (κ1) is 14.5. The molecule has 0 radical (unpaired) electrons. The molecule has 0 amide bonds. The number of phenolic OH excluding ortho intramolecular Hbond substituents is 1. The molecule has 3 aromatic rings. The molecule has 118 valence electrons. The number of hydrogen-bond acceptors (Lipinski definition) is 4. The van der Waals surface area contributed by atoms with Gasteiger partial charge in [-0.1, -0.05) is 0 Å². The van der Waals surface area contributed by atoms with Crippen molar-refractivity contribution < 1.29 is 5.11 Å². The van der Waals surface area contributed by atoms with Crippen LogP contribution in [0.15, 0.2) is 35.6 Å². The van der Waals surface area contributed by atoms with Crippen molar-refractivity contribution in [2.45, 2.75) is 19.9 Å². The fourth-order valence-corrected chi connectivity index (χ4v) is 3.46. The number of aliphatic imine (C=N–C) groups is 1. The number of hydrogen-bond donors (Lipinski definition) is 1. The molecule has 0 atom stereocenters. The van der Waals surface area contributed by atoms with E-state index in [1.165, 1.54) is 0 Å². The normalized spacial score (nSPS) is 13.5. The Bertz CT molecular complexity index is 1010. The van der Waals surface area contributed by atoms with E-state index in [0.717, 1.165) is 52.8 Å². The van der Waals surface area contributed by atoms with Crippen molar-refractivity contribution in [3.63, 3.8) is 0 Å². The van der Waals surface area contributed by atoms with Crippen molar-refractivity contribution in [3.8, 4) is 22.9 Å². The second-order valence-corrected chi connectivity index (χ2v) is 5.94. The summed E-state index contributed by atoms with van der Waals surface area (Å²) in [5, 5.41) is 20.8. The van der Waals surface area contributed by atoms with Gasteiger partial charge in [0.15, 0.2) is 0 Å². The Labute approximate surface area is 139 Å². The van der Waals surface area contributed by atoms with Crippen LogP contribution in [0.1, 0.15) is 23.2 Å². The van der Waals surface area contributed by atoms with Gasteiger partial charge >= 0.3 is 0 Å². The second kappa shape index (κ2) is 5.50. The highest BCUT2D eigenvalue weighted by molar-refractivity contribution is 6.06. The molecule has 0 fully saturated rings. The first-order chi connectivity index (χ1) is 11.7. The molecule has 1 aromatic carbocycles. The van der Waals surface area contributed by atoms with Gasteiger partial charge in [-0.25, -0.2) is 0 Å². The van der Waals surface area contributed by atoms with E-state index >= 15 is 0 Å². The lowest BCUT2D eigenvalue weighted by atomic mass is 9.98. The summed E-state index contributed by atoms with van der Waals surface area (Å²) in [5.41, 5.74) is 5.12. The van der Waals surface area contributed by atoms with Crippen molar-refractivity contribution in [3.05, 3.63) is 47.4 Å². The number of phenols is 1. The van der Waals surface area contributed by atoms with E-state index < -0.39 is 0 Å². The minimum atomic E-state index is 0.0526. The summed E-state index contributed by atoms with van der Waals surface area (Å²) in [6, 6.07) is 7.72. The highest BCUT2D eigenvalue weighted by Gasteiger charge is 2.23. The topological polar surface area (TPSA) is 74.2 Å². The van der Waals surface area contributed by atoms with Crippen molar-refractivity contribution in [2.24, 2.45) is 4.99 Å². The predicted molar refractivity (Wildman–Crippen MR) is 93.4 cm³/mol. The van der Waals surface area contributed by atoms with Crippen LogP contribution in [-0.4, -0.2) is 27.4 Å². The van der Waals surface area contributed by atoms with Gasteiger partial charge in [0.2, 0.25) is 0 Å². The van der Waals surface area contributed by atoms with E-state index in [-0.39, 0.29) is 11.3 Å². The van der Waals surface area contributed by atoms with Crippen LogP contribution >= 0.6 is 0 Å². The molecular formula is C19H16N4O. The molecule has 2 aromatic heterocycles. The number of aromatic nitrogens is 2. The third-order valence-corrected chi connectivity index (χ3v) is 4.59. The number of pyridine rings is 1. The van der Waals surface area contributed by atoms with Crippen LogP contribution in [0.2, 0.25) is 0 Å². The van der Waals surface area contributed by atoms with Gasteiger partial charge in [-0.15, -0.1) is 0 Å². The first-order valence-electron chi connectivity index (χ1n) is 7.91. The molecule has 0 bridgehead atoms. The Balaban J connectivity index is 2.19. The summed E-state index contributed by atoms with van der Waals surface area (Å²) in [7, 11) is 0. The summed E-state index contributed by atoms with van der Waals surface area (Å²) < 4.78 is 2.21. The average Bonchev–Trinajstić information content (AvgIpc) is 2.78. The summed E-state index contributed by atoms with van der Waals surface area (Å²) in [5.74, 6) is 0.0526. The number of aromatic hydroxyl groups is 1. The fourth-order valence-electron chi connectivity index (χ4n) is 3.46. The standard InChI is InChI=1S/C19H16N4O/c1-12-16-11-22-5-2-8-23(16)18-15(13-3-6-21-7-4-13)9-14(10-20)19(24)17(12)18/h3-4,6-7,9,11,24H,2,5,8H2,1H3. The molecule has 0 saturated heterocycles. The van der Waals surface area contributed by atoms with Crippen LogP contribution in [0.5, 0.6) is 5.75 Å². The van der Waals surface area contributed by atoms with Gasteiger partial charge < -0.3 is 9.67 Å². The lowest BCUT2D eigenvalue weighted by Crippen LogP contribution is -2.02. The fraction of sp³-hybridized carbons (Fsp3) is 0.211. The van der Waals surface area contributed by atoms with E-state index in [4.69, 9.17) is 0 Å². The molecule has 0 spiro atoms. The minimum Gasteiger partial charge on any atom is -0.506 e. The largest absolute Gasteiger partial charge is 0.506 e. The Kier molecular flexibility index (Phi) is 3.31. The number of nitrogens with zero attached hydrogens (tertiary/aromatic N) is 4. The van der Waals surface area contributed by atoms with Crippen LogP contribution < -0.4 is 0 Å². The van der Waals surface area contributed by atoms with Gasteiger partial charge in [0, 0.05) is 42.6 Å². The molecule has 1 aliphatic heterocycles. The van der Waals surface area contributed by atoms with E-state index in [9.17, 15) is 10.4 Å². The van der Waals surface area contributed by atoms with Crippen LogP contribution in [-0.2, 0) is 6.54 Å². The molecule has 4 rings (SSSR count). The highest BCUT2D eigenvalue weighted by Crippen LogP contribution is 2.41. The van der Waals surface area contributed by atoms with Crippen molar-refractivity contribution in [2.75, 3.05) is 6.54 Å². The Morgan fingerprint density at radius 2 is 2.08 bits per heavy atom. The molecule has 1 aliphatic rings. The Morgan fingerprint density at radius 3 is 2.83 bits per heavy atom. The zero-order valence-corrected chi connectivity index (χ0v) is 13.3. The van der Waals surface area contributed by atoms with E-state index in [1.54, 1.807) is 18.5 Å². The molecule has 0 aliphatic carbocycles. The van der Waals surface area contributed by atoms with Gasteiger partial charge in [-0.3, -0.25) is 9.98 Å². The quantitative estimate of drug-likeness (QED) is 0.747. The number of aryl methyl sites for hydroxylation is 2. The van der Waals surface area contributed by atoms with Gasteiger partial charge in [-0.05, 0) is 42.7 Å². The summed E-state index contributed by atoms with van der Waals surface area (Å²) in [6.45, 7) is 3.61. The van der Waals surface area contributed by atoms with Crippen LogP contribution in [0, 0.1) is 18.3 Å². The maximum Gasteiger partial charge on any atom is 0.143 e. The SMILES string of the molecule is Cc1c2n(c3c(-c4ccncc4)cc(C#N)c(O)c13)CCCN=C2. The molecule has 5 nitrogen and oxygen atoms in total. The zero-order chi connectivity index (χ0) is 16.7. The van der Waals surface area contributed by atoms with Gasteiger partial charge in [0.25, 0.3) is 0 Å². The molecule has 24 heavy (non-hydrogen) atoms. The minimum absolute atomic E-state index is 0.0526. The third kappa shape index (κ3) is 2.00. The van der Waals surface area contributed by atoms with Gasteiger partial charge in [0.05, 0.1) is 16.8 Å². The van der Waals surface area contributed by atoms with E-state index in [0.29, 0.717) is 0 Å². The van der Waals surface area contributed by atoms with Crippen LogP contribution in [0.25, 0.3) is 22.0 Å². The molecule has 1 N–H and O–H groups in total. The van der Waals surface area contributed by atoms with E-state index in [2.05, 4.69) is 20.6 Å². The number of rotatable bonds is 1. The third-order valence-electron chi connectivity index (χ3n) is 4.59. The van der Waals surface area contributed by atoms with Crippen molar-refractivity contribution in [1.82, 2.24) is 9.55 Å². The molecule has 0 unspecified atom stereocenters. The van der Waals surface area contributed by atoms with E-state index in [1.807, 2.05) is 25.3 Å². The first-order valence-corrected chi connectivity index (χ1v) is 7.91. The smallest absolute Gasteiger partial charge is 0.143 e.